The lowest BCUT2D eigenvalue weighted by molar-refractivity contribution is -0.127. The van der Waals surface area contributed by atoms with Crippen molar-refractivity contribution in [2.75, 3.05) is 0 Å². The van der Waals surface area contributed by atoms with Crippen LogP contribution in [0.15, 0.2) is 94.9 Å². The summed E-state index contributed by atoms with van der Waals surface area (Å²) in [4.78, 5) is 13.6. The van der Waals surface area contributed by atoms with E-state index < -0.39 is 5.18 Å². The van der Waals surface area contributed by atoms with E-state index in [4.69, 9.17) is 9.84 Å². The highest BCUT2D eigenvalue weighted by molar-refractivity contribution is 8.05. The molecule has 2 atom stereocenters. The molecule has 31 heavy (non-hydrogen) atoms. The predicted octanol–water partition coefficient (Wildman–Crippen LogP) is 4.75. The van der Waals surface area contributed by atoms with E-state index in [2.05, 4.69) is 23.5 Å². The SMILES string of the molecule is O=C1NC2(Oc3ccccc3C3CC(c4ccccc4)=NN32)S/C1=C\c1ccccc1. The normalized spacial score (nSPS) is 25.1. The Hall–Kier alpha value is -3.51. The lowest BCUT2D eigenvalue weighted by Crippen LogP contribution is -2.58. The molecule has 2 unspecified atom stereocenters. The van der Waals surface area contributed by atoms with Crippen molar-refractivity contribution in [1.82, 2.24) is 10.3 Å². The molecular formula is C25H19N3O2S. The number of hydrazone groups is 1. The van der Waals surface area contributed by atoms with E-state index in [1.807, 2.05) is 77.8 Å². The Morgan fingerprint density at radius 2 is 1.71 bits per heavy atom. The fourth-order valence-electron chi connectivity index (χ4n) is 4.25. The molecule has 0 aromatic heterocycles. The van der Waals surface area contributed by atoms with Crippen LogP contribution in [-0.2, 0) is 4.79 Å². The summed E-state index contributed by atoms with van der Waals surface area (Å²) in [5, 5.41) is 8.85. The first-order valence-electron chi connectivity index (χ1n) is 10.2. The molecule has 0 radical (unpaired) electrons. The quantitative estimate of drug-likeness (QED) is 0.603. The fourth-order valence-corrected chi connectivity index (χ4v) is 5.42. The molecule has 1 saturated heterocycles. The van der Waals surface area contributed by atoms with E-state index in [1.165, 1.54) is 11.8 Å². The van der Waals surface area contributed by atoms with Gasteiger partial charge in [0.15, 0.2) is 0 Å². The largest absolute Gasteiger partial charge is 0.439 e. The molecule has 1 N–H and O–H groups in total. The number of rotatable bonds is 2. The number of nitrogens with zero attached hydrogens (tertiary/aromatic N) is 2. The second-order valence-corrected chi connectivity index (χ2v) is 8.87. The summed E-state index contributed by atoms with van der Waals surface area (Å²) >= 11 is 1.37. The first-order valence-corrected chi connectivity index (χ1v) is 11.0. The van der Waals surface area contributed by atoms with Gasteiger partial charge in [0.1, 0.15) is 5.75 Å². The first kappa shape index (κ1) is 18.3. The molecule has 3 heterocycles. The second kappa shape index (κ2) is 7.03. The number of benzene rings is 3. The van der Waals surface area contributed by atoms with Crippen LogP contribution in [0, 0.1) is 0 Å². The van der Waals surface area contributed by atoms with Crippen molar-refractivity contribution in [3.8, 4) is 5.75 Å². The molecule has 3 aliphatic rings. The molecule has 1 spiro atoms. The van der Waals surface area contributed by atoms with E-state index in [9.17, 15) is 4.79 Å². The van der Waals surface area contributed by atoms with E-state index in [-0.39, 0.29) is 11.9 Å². The number of hydrogen-bond donors (Lipinski definition) is 1. The van der Waals surface area contributed by atoms with Gasteiger partial charge in [0.05, 0.1) is 16.7 Å². The Bertz CT molecular complexity index is 1230. The molecule has 3 aromatic carbocycles. The van der Waals surface area contributed by atoms with E-state index in [0.717, 1.165) is 34.6 Å². The van der Waals surface area contributed by atoms with Gasteiger partial charge in [-0.05, 0) is 35.0 Å². The lowest BCUT2D eigenvalue weighted by Gasteiger charge is -2.43. The maximum atomic E-state index is 12.9. The number of amides is 1. The predicted molar refractivity (Wildman–Crippen MR) is 122 cm³/mol. The minimum atomic E-state index is -1.10. The Labute approximate surface area is 184 Å². The second-order valence-electron chi connectivity index (χ2n) is 7.67. The molecule has 3 aliphatic heterocycles. The average Bonchev–Trinajstić information content (AvgIpc) is 3.39. The van der Waals surface area contributed by atoms with Gasteiger partial charge < -0.3 is 4.74 Å². The highest BCUT2D eigenvalue weighted by atomic mass is 32.2. The van der Waals surface area contributed by atoms with E-state index in [1.54, 1.807) is 0 Å². The molecule has 3 aromatic rings. The number of hydrogen-bond acceptors (Lipinski definition) is 5. The Balaban J connectivity index is 1.43. The third-order valence-corrected chi connectivity index (χ3v) is 6.86. The van der Waals surface area contributed by atoms with E-state index >= 15 is 0 Å². The Morgan fingerprint density at radius 3 is 2.52 bits per heavy atom. The minimum Gasteiger partial charge on any atom is -0.439 e. The van der Waals surface area contributed by atoms with Gasteiger partial charge in [0, 0.05) is 12.0 Å². The number of carbonyl (C=O) groups excluding carboxylic acids is 1. The van der Waals surface area contributed by atoms with Gasteiger partial charge in [0.25, 0.3) is 5.91 Å². The third kappa shape index (κ3) is 3.02. The van der Waals surface area contributed by atoms with Crippen LogP contribution in [0.3, 0.4) is 0 Å². The number of nitrogens with one attached hydrogen (secondary N) is 1. The topological polar surface area (TPSA) is 53.9 Å². The summed E-state index contributed by atoms with van der Waals surface area (Å²) in [7, 11) is 0. The van der Waals surface area contributed by atoms with Crippen molar-refractivity contribution in [1.29, 1.82) is 0 Å². The molecule has 152 valence electrons. The van der Waals surface area contributed by atoms with Crippen LogP contribution in [0.25, 0.3) is 6.08 Å². The number of thioether (sulfide) groups is 1. The number of fused-ring (bicyclic) bond motifs is 4. The van der Waals surface area contributed by atoms with Crippen LogP contribution in [0.2, 0.25) is 0 Å². The molecular weight excluding hydrogens is 406 g/mol. The summed E-state index contributed by atoms with van der Waals surface area (Å²) in [6.45, 7) is 0. The van der Waals surface area contributed by atoms with Crippen molar-refractivity contribution in [2.24, 2.45) is 5.10 Å². The molecule has 0 aliphatic carbocycles. The highest BCUT2D eigenvalue weighted by Crippen LogP contribution is 2.53. The van der Waals surface area contributed by atoms with Crippen molar-refractivity contribution in [2.45, 2.75) is 17.6 Å². The highest BCUT2D eigenvalue weighted by Gasteiger charge is 2.57. The maximum absolute atomic E-state index is 12.9. The zero-order valence-corrected chi connectivity index (χ0v) is 17.4. The molecule has 0 bridgehead atoms. The Morgan fingerprint density at radius 1 is 1.00 bits per heavy atom. The van der Waals surface area contributed by atoms with Crippen LogP contribution in [0.1, 0.15) is 29.2 Å². The molecule has 1 amide bonds. The summed E-state index contributed by atoms with van der Waals surface area (Å²) in [6, 6.07) is 28.0. The van der Waals surface area contributed by atoms with Crippen LogP contribution >= 0.6 is 11.8 Å². The third-order valence-electron chi connectivity index (χ3n) is 5.69. The van der Waals surface area contributed by atoms with Crippen LogP contribution in [-0.4, -0.2) is 21.8 Å². The Kier molecular flexibility index (Phi) is 4.14. The number of carbonyl (C=O) groups is 1. The maximum Gasteiger partial charge on any atom is 0.336 e. The van der Waals surface area contributed by atoms with Crippen molar-refractivity contribution >= 4 is 29.5 Å². The summed E-state index contributed by atoms with van der Waals surface area (Å²) in [6.07, 6.45) is 2.64. The van der Waals surface area contributed by atoms with Gasteiger partial charge in [-0.3, -0.25) is 10.1 Å². The number of ether oxygens (including phenoxy) is 1. The van der Waals surface area contributed by atoms with Crippen molar-refractivity contribution in [3.63, 3.8) is 0 Å². The molecule has 5 nitrogen and oxygen atoms in total. The van der Waals surface area contributed by atoms with Gasteiger partial charge >= 0.3 is 5.18 Å². The molecule has 1 fully saturated rings. The molecule has 0 saturated carbocycles. The van der Waals surface area contributed by atoms with Gasteiger partial charge in [-0.2, -0.15) is 5.10 Å². The lowest BCUT2D eigenvalue weighted by atomic mass is 9.97. The van der Waals surface area contributed by atoms with Crippen LogP contribution in [0.5, 0.6) is 5.75 Å². The minimum absolute atomic E-state index is 0.0102. The van der Waals surface area contributed by atoms with Crippen molar-refractivity contribution < 1.29 is 9.53 Å². The summed E-state index contributed by atoms with van der Waals surface area (Å²) < 4.78 is 6.43. The zero-order chi connectivity index (χ0) is 20.8. The van der Waals surface area contributed by atoms with Gasteiger partial charge in [-0.15, -0.1) is 0 Å². The average molecular weight is 426 g/mol. The molecule has 6 heteroatoms. The standard InChI is InChI=1S/C25H19N3O2S/c29-24-23(15-17-9-3-1-4-10-17)31-25(26-24)28-21(19-13-7-8-14-22(19)30-25)16-20(27-28)18-11-5-2-6-12-18/h1-15,21H,16H2,(H,26,29)/b23-15-. The number of para-hydroxylation sites is 1. The van der Waals surface area contributed by atoms with Gasteiger partial charge in [-0.25, -0.2) is 5.01 Å². The van der Waals surface area contributed by atoms with Crippen LogP contribution in [0.4, 0.5) is 0 Å². The zero-order valence-electron chi connectivity index (χ0n) is 16.6. The smallest absolute Gasteiger partial charge is 0.336 e. The monoisotopic (exact) mass is 425 g/mol. The van der Waals surface area contributed by atoms with E-state index in [0.29, 0.717) is 4.91 Å². The first-order chi connectivity index (χ1) is 15.2. The van der Waals surface area contributed by atoms with Crippen molar-refractivity contribution in [3.05, 3.63) is 107 Å². The summed E-state index contributed by atoms with van der Waals surface area (Å²) in [5.41, 5.74) is 4.12. The molecule has 6 rings (SSSR count). The summed E-state index contributed by atoms with van der Waals surface area (Å²) in [5.74, 6) is 0.623. The fraction of sp³-hybridized carbons (Fsp3) is 0.120. The van der Waals surface area contributed by atoms with Crippen LogP contribution < -0.4 is 10.1 Å². The van der Waals surface area contributed by atoms with Gasteiger partial charge in [-0.1, -0.05) is 78.9 Å². The van der Waals surface area contributed by atoms with Gasteiger partial charge in [0.2, 0.25) is 0 Å².